The van der Waals surface area contributed by atoms with Gasteiger partial charge in [0.25, 0.3) is 0 Å². The summed E-state index contributed by atoms with van der Waals surface area (Å²) in [7, 11) is 0. The summed E-state index contributed by atoms with van der Waals surface area (Å²) in [5, 5.41) is 0. The number of allylic oxidation sites excluding steroid dienone is 5. The highest BCUT2D eigenvalue weighted by Crippen LogP contribution is 2.10. The quantitative estimate of drug-likeness (QED) is 0.524. The van der Waals surface area contributed by atoms with Crippen LogP contribution in [-0.4, -0.2) is 0 Å². The van der Waals surface area contributed by atoms with Crippen molar-refractivity contribution in [3.8, 4) is 0 Å². The van der Waals surface area contributed by atoms with Crippen molar-refractivity contribution in [2.24, 2.45) is 0 Å². The first-order valence-corrected chi connectivity index (χ1v) is 4.19. The normalized spacial score (nSPS) is 15.8. The minimum absolute atomic E-state index is 1.09. The molecule has 0 saturated carbocycles. The predicted molar refractivity (Wildman–Crippen MR) is 49.4 cm³/mol. The van der Waals surface area contributed by atoms with Crippen molar-refractivity contribution in [1.29, 1.82) is 0 Å². The van der Waals surface area contributed by atoms with Gasteiger partial charge >= 0.3 is 0 Å². The maximum absolute atomic E-state index is 3.16. The lowest BCUT2D eigenvalue weighted by atomic mass is 10.1. The molecule has 0 aliphatic heterocycles. The fourth-order valence-corrected chi connectivity index (χ4v) is 1.01. The van der Waals surface area contributed by atoms with Crippen LogP contribution in [0.3, 0.4) is 0 Å². The zero-order chi connectivity index (χ0) is 8.10. The molecule has 0 atom stereocenters. The average molecular weight is 146 g/mol. The van der Waals surface area contributed by atoms with Crippen LogP contribution >= 0.6 is 0 Å². The molecule has 1 rings (SSSR count). The molecule has 0 saturated heterocycles. The molecule has 0 N–H and O–H groups in total. The lowest BCUT2D eigenvalue weighted by Crippen LogP contribution is -1.71. The average Bonchev–Trinajstić information content (AvgIpc) is 2.28. The molecule has 0 heteroatoms. The van der Waals surface area contributed by atoms with E-state index >= 15 is 0 Å². The summed E-state index contributed by atoms with van der Waals surface area (Å²) in [5.74, 6) is 0. The molecule has 0 aromatic carbocycles. The summed E-state index contributed by atoms with van der Waals surface area (Å²) < 4.78 is 0. The van der Waals surface area contributed by atoms with Crippen LogP contribution in [0, 0.1) is 0 Å². The topological polar surface area (TPSA) is 0 Å². The van der Waals surface area contributed by atoms with E-state index in [9.17, 15) is 0 Å². The van der Waals surface area contributed by atoms with Gasteiger partial charge in [-0.05, 0) is 36.1 Å². The van der Waals surface area contributed by atoms with Crippen LogP contribution in [0.1, 0.15) is 26.7 Å². The standard InChI is InChI=1S/C11H14/c1-3-10-6-5-7-11(4-2)9-8-10/h6-9H,3-4H2,1-2H3. The fraction of sp³-hybridized carbons (Fsp3) is 0.364. The van der Waals surface area contributed by atoms with Crippen LogP contribution < -0.4 is 0 Å². The largest absolute Gasteiger partial charge is 0.120 e. The molecule has 0 unspecified atom stereocenters. The lowest BCUT2D eigenvalue weighted by Gasteiger charge is -1.91. The zero-order valence-corrected chi connectivity index (χ0v) is 7.22. The first-order valence-electron chi connectivity index (χ1n) is 4.19. The van der Waals surface area contributed by atoms with Gasteiger partial charge in [-0.3, -0.25) is 0 Å². The monoisotopic (exact) mass is 146 g/mol. The minimum Gasteiger partial charge on any atom is -0.120 e. The Labute approximate surface area is 68.6 Å². The molecule has 0 fully saturated rings. The van der Waals surface area contributed by atoms with Crippen molar-refractivity contribution < 1.29 is 0 Å². The van der Waals surface area contributed by atoms with Gasteiger partial charge in [0.1, 0.15) is 0 Å². The summed E-state index contributed by atoms with van der Waals surface area (Å²) in [4.78, 5) is 0. The maximum Gasteiger partial charge on any atom is -0.0168 e. The Morgan fingerprint density at radius 1 is 1.00 bits per heavy atom. The van der Waals surface area contributed by atoms with Gasteiger partial charge in [0, 0.05) is 0 Å². The Kier molecular flexibility index (Phi) is 2.95. The van der Waals surface area contributed by atoms with Gasteiger partial charge in [0.15, 0.2) is 0 Å². The van der Waals surface area contributed by atoms with Crippen molar-refractivity contribution in [3.63, 3.8) is 0 Å². The molecule has 0 amide bonds. The molecular formula is C11H14. The first-order chi connectivity index (χ1) is 5.36. The summed E-state index contributed by atoms with van der Waals surface area (Å²) in [6, 6.07) is 0. The van der Waals surface area contributed by atoms with E-state index in [0.29, 0.717) is 0 Å². The third-order valence-corrected chi connectivity index (χ3v) is 1.87. The Bertz CT molecular complexity index is 221. The summed E-state index contributed by atoms with van der Waals surface area (Å²) in [6.45, 7) is 4.32. The molecular weight excluding hydrogens is 132 g/mol. The third-order valence-electron chi connectivity index (χ3n) is 1.87. The summed E-state index contributed by atoms with van der Waals surface area (Å²) in [6.07, 6.45) is 10.6. The second-order valence-electron chi connectivity index (χ2n) is 2.65. The van der Waals surface area contributed by atoms with Crippen molar-refractivity contribution in [3.05, 3.63) is 41.2 Å². The molecule has 1 aliphatic carbocycles. The Morgan fingerprint density at radius 3 is 1.82 bits per heavy atom. The van der Waals surface area contributed by atoms with Gasteiger partial charge in [-0.1, -0.05) is 26.0 Å². The van der Waals surface area contributed by atoms with E-state index in [2.05, 4.69) is 43.9 Å². The van der Waals surface area contributed by atoms with Crippen LogP contribution in [0.2, 0.25) is 0 Å². The molecule has 0 aromatic heterocycles. The van der Waals surface area contributed by atoms with Crippen molar-refractivity contribution >= 4 is 0 Å². The van der Waals surface area contributed by atoms with Gasteiger partial charge in [-0.25, -0.2) is 0 Å². The maximum atomic E-state index is 3.16. The zero-order valence-electron chi connectivity index (χ0n) is 7.22. The molecule has 0 nitrogen and oxygen atoms in total. The highest BCUT2D eigenvalue weighted by atomic mass is 14.0. The van der Waals surface area contributed by atoms with E-state index in [4.69, 9.17) is 0 Å². The molecule has 1 aliphatic rings. The van der Waals surface area contributed by atoms with Crippen LogP contribution in [0.25, 0.3) is 0 Å². The van der Waals surface area contributed by atoms with Crippen LogP contribution in [0.5, 0.6) is 0 Å². The molecule has 0 heterocycles. The van der Waals surface area contributed by atoms with E-state index in [1.165, 1.54) is 11.1 Å². The Hall–Kier alpha value is -1.00. The first kappa shape index (κ1) is 8.10. The fourth-order valence-electron chi connectivity index (χ4n) is 1.01. The van der Waals surface area contributed by atoms with Crippen molar-refractivity contribution in [1.82, 2.24) is 0 Å². The molecule has 58 valence electrons. The van der Waals surface area contributed by atoms with E-state index in [1.54, 1.807) is 0 Å². The van der Waals surface area contributed by atoms with E-state index in [0.717, 1.165) is 12.8 Å². The van der Waals surface area contributed by atoms with Gasteiger partial charge < -0.3 is 0 Å². The number of hydrogen-bond acceptors (Lipinski definition) is 0. The van der Waals surface area contributed by atoms with Gasteiger partial charge in [-0.15, -0.1) is 5.73 Å². The third kappa shape index (κ3) is 2.25. The molecule has 11 heavy (non-hydrogen) atoms. The van der Waals surface area contributed by atoms with E-state index in [1.807, 2.05) is 0 Å². The smallest absolute Gasteiger partial charge is 0.0168 e. The van der Waals surface area contributed by atoms with Gasteiger partial charge in [0.2, 0.25) is 0 Å². The van der Waals surface area contributed by atoms with Crippen LogP contribution in [0.4, 0.5) is 0 Å². The highest BCUT2D eigenvalue weighted by molar-refractivity contribution is 5.33. The van der Waals surface area contributed by atoms with Crippen molar-refractivity contribution in [2.75, 3.05) is 0 Å². The van der Waals surface area contributed by atoms with Crippen molar-refractivity contribution in [2.45, 2.75) is 26.7 Å². The Balaban J connectivity index is 2.86. The minimum atomic E-state index is 1.09. The molecule has 0 radical (unpaired) electrons. The highest BCUT2D eigenvalue weighted by Gasteiger charge is 1.90. The SMILES string of the molecule is CCC1=CC=C(CC)C=C=C1. The van der Waals surface area contributed by atoms with Gasteiger partial charge in [-0.2, -0.15) is 0 Å². The van der Waals surface area contributed by atoms with E-state index < -0.39 is 0 Å². The number of rotatable bonds is 2. The van der Waals surface area contributed by atoms with Crippen LogP contribution in [-0.2, 0) is 0 Å². The summed E-state index contributed by atoms with van der Waals surface area (Å²) >= 11 is 0. The van der Waals surface area contributed by atoms with E-state index in [-0.39, 0.29) is 0 Å². The predicted octanol–water partition coefficient (Wildman–Crippen LogP) is 3.38. The second kappa shape index (κ2) is 4.00. The van der Waals surface area contributed by atoms with Crippen LogP contribution in [0.15, 0.2) is 41.2 Å². The molecule has 0 aromatic rings. The molecule has 0 spiro atoms. The number of hydrogen-bond donors (Lipinski definition) is 0. The summed E-state index contributed by atoms with van der Waals surface area (Å²) in [5.41, 5.74) is 5.87. The second-order valence-corrected chi connectivity index (χ2v) is 2.65. The molecule has 0 bridgehead atoms. The Morgan fingerprint density at radius 2 is 1.45 bits per heavy atom. The lowest BCUT2D eigenvalue weighted by molar-refractivity contribution is 1.14. The van der Waals surface area contributed by atoms with Gasteiger partial charge in [0.05, 0.1) is 0 Å².